The average Bonchev–Trinajstić information content (AvgIpc) is 2.78. The number of anilines is 2. The van der Waals surface area contributed by atoms with Crippen LogP contribution in [0.15, 0.2) is 18.2 Å². The van der Waals surface area contributed by atoms with Gasteiger partial charge in [0.05, 0.1) is 16.2 Å². The molecule has 2 aromatic rings. The van der Waals surface area contributed by atoms with E-state index in [0.29, 0.717) is 11.3 Å². The number of nitro benzene ring substituents is 1. The van der Waals surface area contributed by atoms with Crippen LogP contribution in [0, 0.1) is 17.0 Å². The molecule has 0 aliphatic carbocycles. The molecule has 1 aromatic heterocycles. The van der Waals surface area contributed by atoms with Gasteiger partial charge in [0.2, 0.25) is 10.1 Å². The Hall–Kier alpha value is -2.55. The van der Waals surface area contributed by atoms with Crippen LogP contribution in [-0.4, -0.2) is 21.0 Å². The van der Waals surface area contributed by atoms with Crippen LogP contribution in [0.5, 0.6) is 0 Å². The Labute approximate surface area is 111 Å². The summed E-state index contributed by atoms with van der Waals surface area (Å²) < 4.78 is 0. The molecule has 0 atom stereocenters. The Morgan fingerprint density at radius 1 is 1.47 bits per heavy atom. The third-order valence-corrected chi connectivity index (χ3v) is 3.14. The van der Waals surface area contributed by atoms with Crippen LogP contribution < -0.4 is 11.1 Å². The van der Waals surface area contributed by atoms with Gasteiger partial charge in [0.15, 0.2) is 0 Å². The number of amides is 1. The van der Waals surface area contributed by atoms with Crippen molar-refractivity contribution < 1.29 is 9.72 Å². The molecule has 98 valence electrons. The maximum absolute atomic E-state index is 11.8. The minimum Gasteiger partial charge on any atom is -0.374 e. The maximum Gasteiger partial charge on any atom is 0.286 e. The number of benzene rings is 1. The lowest BCUT2D eigenvalue weighted by atomic mass is 10.1. The van der Waals surface area contributed by atoms with E-state index in [2.05, 4.69) is 15.5 Å². The standard InChI is InChI=1S/C10H9N5O3S/c1-5-6(3-2-4-7(5)15(17)18)12-8(16)9-13-14-10(11)19-9/h2-4H,1H3,(H2,11,14)(H,12,16). The molecule has 0 unspecified atom stereocenters. The van der Waals surface area contributed by atoms with Crippen LogP contribution in [-0.2, 0) is 0 Å². The average molecular weight is 279 g/mol. The van der Waals surface area contributed by atoms with Crippen molar-refractivity contribution >= 4 is 33.8 Å². The number of nitrogens with one attached hydrogen (secondary N) is 1. The molecule has 1 aromatic carbocycles. The minimum atomic E-state index is -0.506. The molecule has 8 nitrogen and oxygen atoms in total. The van der Waals surface area contributed by atoms with Crippen LogP contribution in [0.2, 0.25) is 0 Å². The molecule has 0 aliphatic heterocycles. The molecule has 0 fully saturated rings. The number of nitrogens with zero attached hydrogens (tertiary/aromatic N) is 3. The van der Waals surface area contributed by atoms with E-state index in [9.17, 15) is 14.9 Å². The number of hydrogen-bond acceptors (Lipinski definition) is 7. The maximum atomic E-state index is 11.8. The van der Waals surface area contributed by atoms with Crippen LogP contribution in [0.3, 0.4) is 0 Å². The number of hydrogen-bond donors (Lipinski definition) is 2. The zero-order valence-corrected chi connectivity index (χ0v) is 10.6. The highest BCUT2D eigenvalue weighted by Gasteiger charge is 2.17. The van der Waals surface area contributed by atoms with Gasteiger partial charge < -0.3 is 11.1 Å². The van der Waals surface area contributed by atoms with Gasteiger partial charge in [-0.25, -0.2) is 0 Å². The monoisotopic (exact) mass is 279 g/mol. The highest BCUT2D eigenvalue weighted by Crippen LogP contribution is 2.25. The summed E-state index contributed by atoms with van der Waals surface area (Å²) in [6, 6.07) is 4.44. The Morgan fingerprint density at radius 2 is 2.21 bits per heavy atom. The third-order valence-electron chi connectivity index (χ3n) is 2.38. The molecule has 0 saturated carbocycles. The van der Waals surface area contributed by atoms with E-state index < -0.39 is 10.8 Å². The topological polar surface area (TPSA) is 124 Å². The summed E-state index contributed by atoms with van der Waals surface area (Å²) in [6.45, 7) is 1.56. The van der Waals surface area contributed by atoms with Gasteiger partial charge in [-0.05, 0) is 13.0 Å². The van der Waals surface area contributed by atoms with Crippen molar-refractivity contribution in [2.24, 2.45) is 0 Å². The number of nitro groups is 1. The Morgan fingerprint density at radius 3 is 2.79 bits per heavy atom. The largest absolute Gasteiger partial charge is 0.374 e. The van der Waals surface area contributed by atoms with Gasteiger partial charge >= 0.3 is 0 Å². The van der Waals surface area contributed by atoms with Crippen molar-refractivity contribution in [2.45, 2.75) is 6.92 Å². The summed E-state index contributed by atoms with van der Waals surface area (Å²) in [4.78, 5) is 22.1. The quantitative estimate of drug-likeness (QED) is 0.649. The van der Waals surface area contributed by atoms with Crippen LogP contribution in [0.25, 0.3) is 0 Å². The molecule has 1 amide bonds. The molecule has 0 bridgehead atoms. The summed E-state index contributed by atoms with van der Waals surface area (Å²) in [5, 5.41) is 20.7. The van der Waals surface area contributed by atoms with Crippen molar-refractivity contribution in [1.82, 2.24) is 10.2 Å². The lowest BCUT2D eigenvalue weighted by molar-refractivity contribution is -0.385. The van der Waals surface area contributed by atoms with E-state index in [0.717, 1.165) is 11.3 Å². The number of aromatic nitrogens is 2. The molecular weight excluding hydrogens is 270 g/mol. The van der Waals surface area contributed by atoms with Gasteiger partial charge in [-0.3, -0.25) is 14.9 Å². The lowest BCUT2D eigenvalue weighted by Gasteiger charge is -2.06. The summed E-state index contributed by atoms with van der Waals surface area (Å²) in [5.41, 5.74) is 6.05. The van der Waals surface area contributed by atoms with Crippen LogP contribution >= 0.6 is 11.3 Å². The van der Waals surface area contributed by atoms with Gasteiger partial charge in [-0.2, -0.15) is 0 Å². The highest BCUT2D eigenvalue weighted by molar-refractivity contribution is 7.16. The minimum absolute atomic E-state index is 0.0606. The SMILES string of the molecule is Cc1c(NC(=O)c2nnc(N)s2)cccc1[N+](=O)[O-]. The fourth-order valence-corrected chi connectivity index (χ4v) is 1.96. The van der Waals surface area contributed by atoms with Crippen molar-refractivity contribution in [3.63, 3.8) is 0 Å². The summed E-state index contributed by atoms with van der Waals surface area (Å²) in [7, 11) is 0. The normalized spacial score (nSPS) is 10.2. The van der Waals surface area contributed by atoms with E-state index in [4.69, 9.17) is 5.73 Å². The molecule has 3 N–H and O–H groups in total. The number of nitrogens with two attached hydrogens (primary N) is 1. The van der Waals surface area contributed by atoms with Crippen LogP contribution in [0.4, 0.5) is 16.5 Å². The second kappa shape index (κ2) is 4.98. The van der Waals surface area contributed by atoms with Crippen molar-refractivity contribution in [2.75, 3.05) is 11.1 Å². The molecule has 1 heterocycles. The summed E-state index contributed by atoms with van der Waals surface area (Å²) in [5.74, 6) is -0.502. The predicted molar refractivity (Wildman–Crippen MR) is 70.1 cm³/mol. The van der Waals surface area contributed by atoms with E-state index >= 15 is 0 Å². The Kier molecular flexibility index (Phi) is 3.38. The van der Waals surface area contributed by atoms with E-state index in [1.165, 1.54) is 12.1 Å². The molecule has 0 radical (unpaired) electrons. The fraction of sp³-hybridized carbons (Fsp3) is 0.100. The lowest BCUT2D eigenvalue weighted by Crippen LogP contribution is -2.13. The number of carbonyl (C=O) groups excluding carboxylic acids is 1. The van der Waals surface area contributed by atoms with Crippen LogP contribution in [0.1, 0.15) is 15.4 Å². The number of nitrogen functional groups attached to an aromatic ring is 1. The number of rotatable bonds is 3. The fourth-order valence-electron chi connectivity index (χ4n) is 1.46. The Balaban J connectivity index is 2.27. The molecular formula is C10H9N5O3S. The predicted octanol–water partition coefficient (Wildman–Crippen LogP) is 1.59. The Bertz CT molecular complexity index is 654. The molecule has 2 rings (SSSR count). The summed E-state index contributed by atoms with van der Waals surface area (Å²) in [6.07, 6.45) is 0. The van der Waals surface area contributed by atoms with Crippen molar-refractivity contribution in [3.05, 3.63) is 38.9 Å². The van der Waals surface area contributed by atoms with Gasteiger partial charge in [-0.1, -0.05) is 17.4 Å². The molecule has 19 heavy (non-hydrogen) atoms. The van der Waals surface area contributed by atoms with E-state index in [-0.39, 0.29) is 15.8 Å². The van der Waals surface area contributed by atoms with Crippen molar-refractivity contribution in [3.8, 4) is 0 Å². The van der Waals surface area contributed by atoms with Gasteiger partial charge in [0.25, 0.3) is 11.6 Å². The zero-order valence-electron chi connectivity index (χ0n) is 9.78. The molecule has 9 heteroatoms. The first-order valence-corrected chi connectivity index (χ1v) is 5.95. The van der Waals surface area contributed by atoms with Gasteiger partial charge in [0.1, 0.15) is 0 Å². The smallest absolute Gasteiger partial charge is 0.286 e. The first-order valence-electron chi connectivity index (χ1n) is 5.13. The van der Waals surface area contributed by atoms with E-state index in [1.807, 2.05) is 0 Å². The van der Waals surface area contributed by atoms with Gasteiger partial charge in [0, 0.05) is 6.07 Å². The second-order valence-electron chi connectivity index (χ2n) is 3.61. The summed E-state index contributed by atoms with van der Waals surface area (Å²) >= 11 is 0.941. The molecule has 0 aliphatic rings. The second-order valence-corrected chi connectivity index (χ2v) is 4.62. The zero-order chi connectivity index (χ0) is 14.0. The molecule has 0 spiro atoms. The first-order chi connectivity index (χ1) is 8.99. The highest BCUT2D eigenvalue weighted by atomic mass is 32.1. The number of carbonyl (C=O) groups is 1. The van der Waals surface area contributed by atoms with Gasteiger partial charge in [-0.15, -0.1) is 10.2 Å². The third kappa shape index (κ3) is 2.65. The van der Waals surface area contributed by atoms with E-state index in [1.54, 1.807) is 13.0 Å². The molecule has 0 saturated heterocycles. The first kappa shape index (κ1) is 12.9. The van der Waals surface area contributed by atoms with Crippen molar-refractivity contribution in [1.29, 1.82) is 0 Å².